The van der Waals surface area contributed by atoms with E-state index in [1.807, 2.05) is 0 Å². The summed E-state index contributed by atoms with van der Waals surface area (Å²) in [7, 11) is 0. The Labute approximate surface area is 124 Å². The molecule has 0 aromatic heterocycles. The molecule has 1 rings (SSSR count). The minimum absolute atomic E-state index is 0.394. The van der Waals surface area contributed by atoms with Crippen LogP contribution in [0.2, 0.25) is 0 Å². The smallest absolute Gasteiger partial charge is 0.119 e. The normalized spacial score (nSPS) is 14.3. The fourth-order valence-electron chi connectivity index (χ4n) is 2.32. The van der Waals surface area contributed by atoms with E-state index >= 15 is 0 Å². The van der Waals surface area contributed by atoms with E-state index in [4.69, 9.17) is 4.74 Å². The Morgan fingerprint density at radius 1 is 1.05 bits per heavy atom. The number of rotatable bonds is 9. The van der Waals surface area contributed by atoms with Gasteiger partial charge in [0, 0.05) is 12.1 Å². The van der Waals surface area contributed by atoms with Gasteiger partial charge in [-0.05, 0) is 43.4 Å². The number of hydrogen-bond donors (Lipinski definition) is 1. The van der Waals surface area contributed by atoms with Gasteiger partial charge in [0.25, 0.3) is 0 Å². The molecule has 0 saturated heterocycles. The second kappa shape index (κ2) is 9.02. The summed E-state index contributed by atoms with van der Waals surface area (Å²) in [4.78, 5) is 0. The largest absolute Gasteiger partial charge is 0.493 e. The lowest BCUT2D eigenvalue weighted by atomic mass is 10.0. The van der Waals surface area contributed by atoms with Crippen molar-refractivity contribution in [1.29, 1.82) is 0 Å². The summed E-state index contributed by atoms with van der Waals surface area (Å²) in [5.74, 6) is 1.53. The van der Waals surface area contributed by atoms with E-state index < -0.39 is 0 Å². The van der Waals surface area contributed by atoms with E-state index in [1.54, 1.807) is 0 Å². The van der Waals surface area contributed by atoms with Crippen molar-refractivity contribution in [2.75, 3.05) is 6.61 Å². The SMILES string of the molecule is CCCC(CC)NC(C)c1ccc(OCC(C)C)cc1. The standard InChI is InChI=1S/C18H31NO/c1-6-8-17(7-2)19-15(5)16-9-11-18(12-10-16)20-13-14(3)4/h9-12,14-15,17,19H,6-8,13H2,1-5H3. The van der Waals surface area contributed by atoms with Gasteiger partial charge in [-0.15, -0.1) is 0 Å². The number of ether oxygens (including phenoxy) is 1. The van der Waals surface area contributed by atoms with Gasteiger partial charge in [-0.1, -0.05) is 46.2 Å². The van der Waals surface area contributed by atoms with E-state index in [-0.39, 0.29) is 0 Å². The molecule has 0 saturated carbocycles. The van der Waals surface area contributed by atoms with Crippen molar-refractivity contribution in [1.82, 2.24) is 5.32 Å². The molecule has 0 radical (unpaired) electrons. The van der Waals surface area contributed by atoms with E-state index in [0.717, 1.165) is 12.4 Å². The number of benzene rings is 1. The summed E-state index contributed by atoms with van der Waals surface area (Å²) in [6, 6.07) is 9.52. The highest BCUT2D eigenvalue weighted by atomic mass is 16.5. The molecule has 114 valence electrons. The number of nitrogens with one attached hydrogen (secondary N) is 1. The van der Waals surface area contributed by atoms with Crippen LogP contribution in [-0.2, 0) is 0 Å². The average Bonchev–Trinajstić information content (AvgIpc) is 2.45. The van der Waals surface area contributed by atoms with Gasteiger partial charge in [-0.2, -0.15) is 0 Å². The molecule has 20 heavy (non-hydrogen) atoms. The molecule has 1 aromatic rings. The molecule has 0 aliphatic rings. The van der Waals surface area contributed by atoms with E-state index in [2.05, 4.69) is 64.2 Å². The minimum Gasteiger partial charge on any atom is -0.493 e. The van der Waals surface area contributed by atoms with Gasteiger partial charge in [0.15, 0.2) is 0 Å². The van der Waals surface area contributed by atoms with Gasteiger partial charge in [-0.25, -0.2) is 0 Å². The van der Waals surface area contributed by atoms with Gasteiger partial charge >= 0.3 is 0 Å². The van der Waals surface area contributed by atoms with Crippen LogP contribution >= 0.6 is 0 Å². The molecule has 0 heterocycles. The van der Waals surface area contributed by atoms with Gasteiger partial charge in [0.1, 0.15) is 5.75 Å². The predicted octanol–water partition coefficient (Wildman–Crippen LogP) is 4.95. The Hall–Kier alpha value is -1.02. The van der Waals surface area contributed by atoms with Crippen LogP contribution in [0.3, 0.4) is 0 Å². The zero-order chi connectivity index (χ0) is 15.0. The van der Waals surface area contributed by atoms with Crippen molar-refractivity contribution >= 4 is 0 Å². The summed E-state index contributed by atoms with van der Waals surface area (Å²) in [5.41, 5.74) is 1.33. The highest BCUT2D eigenvalue weighted by molar-refractivity contribution is 5.29. The molecule has 0 bridgehead atoms. The zero-order valence-corrected chi connectivity index (χ0v) is 13.8. The predicted molar refractivity (Wildman–Crippen MR) is 87.3 cm³/mol. The summed E-state index contributed by atoms with van der Waals surface area (Å²) < 4.78 is 5.72. The maximum absolute atomic E-state index is 5.72. The Kier molecular flexibility index (Phi) is 7.68. The van der Waals surface area contributed by atoms with Crippen LogP contribution in [0.25, 0.3) is 0 Å². The van der Waals surface area contributed by atoms with Crippen LogP contribution in [0, 0.1) is 5.92 Å². The Morgan fingerprint density at radius 2 is 1.70 bits per heavy atom. The van der Waals surface area contributed by atoms with E-state index in [0.29, 0.717) is 18.0 Å². The lowest BCUT2D eigenvalue weighted by molar-refractivity contribution is 0.271. The fourth-order valence-corrected chi connectivity index (χ4v) is 2.32. The highest BCUT2D eigenvalue weighted by Crippen LogP contribution is 2.19. The third-order valence-corrected chi connectivity index (χ3v) is 3.58. The molecule has 1 aromatic carbocycles. The molecule has 2 heteroatoms. The Morgan fingerprint density at radius 3 is 2.20 bits per heavy atom. The lowest BCUT2D eigenvalue weighted by Crippen LogP contribution is -2.30. The molecule has 2 nitrogen and oxygen atoms in total. The first-order chi connectivity index (χ1) is 9.56. The van der Waals surface area contributed by atoms with Crippen LogP contribution in [0.5, 0.6) is 5.75 Å². The zero-order valence-electron chi connectivity index (χ0n) is 13.8. The summed E-state index contributed by atoms with van der Waals surface area (Å²) in [6.45, 7) is 11.8. The summed E-state index contributed by atoms with van der Waals surface area (Å²) in [6.07, 6.45) is 3.67. The van der Waals surface area contributed by atoms with E-state index in [1.165, 1.54) is 24.8 Å². The number of hydrogen-bond acceptors (Lipinski definition) is 2. The molecular weight excluding hydrogens is 246 g/mol. The van der Waals surface area contributed by atoms with Crippen molar-refractivity contribution in [3.8, 4) is 5.75 Å². The highest BCUT2D eigenvalue weighted by Gasteiger charge is 2.11. The first-order valence-electron chi connectivity index (χ1n) is 8.05. The van der Waals surface area contributed by atoms with Crippen LogP contribution in [0.4, 0.5) is 0 Å². The molecule has 0 aliphatic carbocycles. The fraction of sp³-hybridized carbons (Fsp3) is 0.667. The first-order valence-corrected chi connectivity index (χ1v) is 8.05. The summed E-state index contributed by atoms with van der Waals surface area (Å²) >= 11 is 0. The van der Waals surface area contributed by atoms with Gasteiger partial charge in [0.2, 0.25) is 0 Å². The second-order valence-corrected chi connectivity index (χ2v) is 6.06. The van der Waals surface area contributed by atoms with Crippen molar-refractivity contribution in [2.24, 2.45) is 5.92 Å². The van der Waals surface area contributed by atoms with Crippen LogP contribution < -0.4 is 10.1 Å². The van der Waals surface area contributed by atoms with Gasteiger partial charge in [-0.3, -0.25) is 0 Å². The van der Waals surface area contributed by atoms with Crippen LogP contribution in [0.1, 0.15) is 65.5 Å². The van der Waals surface area contributed by atoms with Crippen molar-refractivity contribution < 1.29 is 4.74 Å². The average molecular weight is 277 g/mol. The quantitative estimate of drug-likeness (QED) is 0.689. The van der Waals surface area contributed by atoms with Gasteiger partial charge in [0.05, 0.1) is 6.61 Å². The topological polar surface area (TPSA) is 21.3 Å². The molecular formula is C18H31NO. The molecule has 0 amide bonds. The van der Waals surface area contributed by atoms with Gasteiger partial charge < -0.3 is 10.1 Å². The molecule has 1 N–H and O–H groups in total. The summed E-state index contributed by atoms with van der Waals surface area (Å²) in [5, 5.41) is 3.71. The van der Waals surface area contributed by atoms with Crippen LogP contribution in [-0.4, -0.2) is 12.6 Å². The minimum atomic E-state index is 0.394. The monoisotopic (exact) mass is 277 g/mol. The second-order valence-electron chi connectivity index (χ2n) is 6.06. The molecule has 2 atom stereocenters. The molecule has 0 aliphatic heterocycles. The van der Waals surface area contributed by atoms with E-state index in [9.17, 15) is 0 Å². The molecule has 0 fully saturated rings. The van der Waals surface area contributed by atoms with Crippen LogP contribution in [0.15, 0.2) is 24.3 Å². The molecule has 2 unspecified atom stereocenters. The maximum atomic E-state index is 5.72. The maximum Gasteiger partial charge on any atom is 0.119 e. The molecule has 0 spiro atoms. The lowest BCUT2D eigenvalue weighted by Gasteiger charge is -2.22. The first kappa shape index (κ1) is 17.0. The van der Waals surface area contributed by atoms with Crippen molar-refractivity contribution in [2.45, 2.75) is 66.0 Å². The van der Waals surface area contributed by atoms with Crippen molar-refractivity contribution in [3.05, 3.63) is 29.8 Å². The Balaban J connectivity index is 2.54. The third-order valence-electron chi connectivity index (χ3n) is 3.58. The van der Waals surface area contributed by atoms with Crippen molar-refractivity contribution in [3.63, 3.8) is 0 Å². The Bertz CT molecular complexity index is 358. The third kappa shape index (κ3) is 5.96.